The fourth-order valence-corrected chi connectivity index (χ4v) is 5.65. The van der Waals surface area contributed by atoms with Crippen LogP contribution < -0.4 is 4.72 Å². The summed E-state index contributed by atoms with van der Waals surface area (Å²) >= 11 is 4.45. The number of nitrogens with one attached hydrogen (secondary N) is 1. The molecule has 132 valence electrons. The smallest absolute Gasteiger partial charge is 0.271 e. The Labute approximate surface area is 163 Å². The van der Waals surface area contributed by atoms with Crippen LogP contribution in [-0.2, 0) is 10.0 Å². The van der Waals surface area contributed by atoms with E-state index in [0.29, 0.717) is 5.69 Å². The predicted molar refractivity (Wildman–Crippen MR) is 108 cm³/mol. The number of pyridine rings is 1. The third-order valence-electron chi connectivity index (χ3n) is 3.86. The van der Waals surface area contributed by atoms with Gasteiger partial charge in [0.25, 0.3) is 10.0 Å². The second kappa shape index (κ2) is 6.53. The number of hydrogen-bond donors (Lipinski definition) is 1. The second-order valence-electron chi connectivity index (χ2n) is 5.84. The number of hydrogen-bond acceptors (Lipinski definition) is 4. The van der Waals surface area contributed by atoms with Crippen LogP contribution >= 0.6 is 27.3 Å². The molecule has 4 rings (SSSR count). The molecule has 0 amide bonds. The molecule has 4 aromatic rings. The Morgan fingerprint density at radius 3 is 2.58 bits per heavy atom. The molecule has 1 N–H and O–H groups in total. The molecular formula is C18H14BrN3O2S2. The zero-order valence-corrected chi connectivity index (χ0v) is 16.9. The first kappa shape index (κ1) is 17.3. The van der Waals surface area contributed by atoms with Gasteiger partial charge in [-0.3, -0.25) is 4.72 Å². The molecule has 0 spiro atoms. The Kier molecular flexibility index (Phi) is 4.34. The molecule has 3 heterocycles. The van der Waals surface area contributed by atoms with Crippen LogP contribution in [0.2, 0.25) is 0 Å². The molecule has 26 heavy (non-hydrogen) atoms. The van der Waals surface area contributed by atoms with Gasteiger partial charge in [-0.1, -0.05) is 12.1 Å². The Bertz CT molecular complexity index is 1190. The van der Waals surface area contributed by atoms with E-state index in [1.54, 1.807) is 24.3 Å². The zero-order chi connectivity index (χ0) is 18.3. The first-order valence-electron chi connectivity index (χ1n) is 7.75. The van der Waals surface area contributed by atoms with Gasteiger partial charge in [0.2, 0.25) is 0 Å². The van der Waals surface area contributed by atoms with Crippen molar-refractivity contribution in [2.75, 3.05) is 4.72 Å². The van der Waals surface area contributed by atoms with Crippen LogP contribution in [0.4, 0.5) is 5.69 Å². The lowest BCUT2D eigenvalue weighted by Gasteiger charge is -2.06. The molecular weight excluding hydrogens is 434 g/mol. The van der Waals surface area contributed by atoms with Gasteiger partial charge in [0.15, 0.2) is 0 Å². The summed E-state index contributed by atoms with van der Waals surface area (Å²) in [6, 6.07) is 14.5. The molecule has 0 unspecified atom stereocenters. The molecule has 0 bridgehead atoms. The van der Waals surface area contributed by atoms with E-state index in [9.17, 15) is 8.42 Å². The number of benzene rings is 1. The topological polar surface area (TPSA) is 63.5 Å². The van der Waals surface area contributed by atoms with Crippen molar-refractivity contribution in [3.63, 3.8) is 0 Å². The average molecular weight is 448 g/mol. The normalized spacial score (nSPS) is 11.8. The monoisotopic (exact) mass is 447 g/mol. The lowest BCUT2D eigenvalue weighted by Crippen LogP contribution is -2.11. The maximum Gasteiger partial charge on any atom is 0.271 e. The van der Waals surface area contributed by atoms with Crippen LogP contribution in [0.3, 0.4) is 0 Å². The minimum Gasteiger partial charge on any atom is -0.306 e. The largest absolute Gasteiger partial charge is 0.306 e. The lowest BCUT2D eigenvalue weighted by molar-refractivity contribution is 0.603. The van der Waals surface area contributed by atoms with Crippen LogP contribution in [0.1, 0.15) is 5.56 Å². The van der Waals surface area contributed by atoms with E-state index >= 15 is 0 Å². The van der Waals surface area contributed by atoms with Crippen molar-refractivity contribution in [1.82, 2.24) is 9.38 Å². The van der Waals surface area contributed by atoms with E-state index in [4.69, 9.17) is 0 Å². The highest BCUT2D eigenvalue weighted by atomic mass is 79.9. The van der Waals surface area contributed by atoms with Gasteiger partial charge in [0.1, 0.15) is 9.86 Å². The number of imidazole rings is 1. The molecule has 0 saturated carbocycles. The lowest BCUT2D eigenvalue weighted by atomic mass is 10.1. The zero-order valence-electron chi connectivity index (χ0n) is 13.7. The summed E-state index contributed by atoms with van der Waals surface area (Å²) < 4.78 is 30.4. The number of nitrogens with zero attached hydrogens (tertiary/aromatic N) is 2. The number of halogens is 1. The number of rotatable bonds is 4. The minimum absolute atomic E-state index is 0.268. The summed E-state index contributed by atoms with van der Waals surface area (Å²) in [6.45, 7) is 2.03. The van der Waals surface area contributed by atoms with E-state index in [2.05, 4.69) is 25.6 Å². The van der Waals surface area contributed by atoms with Gasteiger partial charge < -0.3 is 4.40 Å². The SMILES string of the molecule is Cc1ccn2cc(-c3ccc(NS(=O)(=O)c4ccc(Br)s4)cc3)nc2c1. The van der Waals surface area contributed by atoms with Crippen LogP contribution in [0, 0.1) is 6.92 Å². The van der Waals surface area contributed by atoms with Crippen molar-refractivity contribution >= 4 is 48.6 Å². The number of aromatic nitrogens is 2. The fraction of sp³-hybridized carbons (Fsp3) is 0.0556. The van der Waals surface area contributed by atoms with Gasteiger partial charge in [0, 0.05) is 23.6 Å². The van der Waals surface area contributed by atoms with Gasteiger partial charge in [-0.05, 0) is 64.8 Å². The third kappa shape index (κ3) is 3.40. The molecule has 0 saturated heterocycles. The third-order valence-corrected chi connectivity index (χ3v) is 7.36. The second-order valence-corrected chi connectivity index (χ2v) is 10.2. The number of sulfonamides is 1. The van der Waals surface area contributed by atoms with E-state index in [1.165, 1.54) is 11.3 Å². The van der Waals surface area contributed by atoms with Crippen molar-refractivity contribution in [2.45, 2.75) is 11.1 Å². The first-order valence-corrected chi connectivity index (χ1v) is 10.8. The molecule has 0 aliphatic carbocycles. The van der Waals surface area contributed by atoms with Crippen molar-refractivity contribution in [3.8, 4) is 11.3 Å². The molecule has 0 aliphatic rings. The highest BCUT2D eigenvalue weighted by Crippen LogP contribution is 2.28. The summed E-state index contributed by atoms with van der Waals surface area (Å²) in [7, 11) is -3.58. The molecule has 3 aromatic heterocycles. The van der Waals surface area contributed by atoms with Gasteiger partial charge in [-0.15, -0.1) is 11.3 Å². The highest BCUT2D eigenvalue weighted by molar-refractivity contribution is 9.11. The Hall–Kier alpha value is -2.16. The number of aryl methyl sites for hydroxylation is 1. The predicted octanol–water partition coefficient (Wildman–Crippen LogP) is 4.93. The molecule has 0 fully saturated rings. The van der Waals surface area contributed by atoms with Gasteiger partial charge in [-0.2, -0.15) is 0 Å². The van der Waals surface area contributed by atoms with Crippen molar-refractivity contribution in [1.29, 1.82) is 0 Å². The van der Waals surface area contributed by atoms with Crippen LogP contribution in [0.5, 0.6) is 0 Å². The summed E-state index contributed by atoms with van der Waals surface area (Å²) in [6.07, 6.45) is 3.93. The van der Waals surface area contributed by atoms with E-state index in [-0.39, 0.29) is 4.21 Å². The van der Waals surface area contributed by atoms with Crippen LogP contribution in [0.15, 0.2) is 68.9 Å². The molecule has 0 atom stereocenters. The van der Waals surface area contributed by atoms with Gasteiger partial charge in [-0.25, -0.2) is 13.4 Å². The summed E-state index contributed by atoms with van der Waals surface area (Å²) in [4.78, 5) is 4.62. The first-order chi connectivity index (χ1) is 12.4. The number of thiophene rings is 1. The van der Waals surface area contributed by atoms with Gasteiger partial charge in [0.05, 0.1) is 9.48 Å². The summed E-state index contributed by atoms with van der Waals surface area (Å²) in [5, 5.41) is 0. The van der Waals surface area contributed by atoms with Crippen LogP contribution in [-0.4, -0.2) is 17.8 Å². The molecule has 0 aliphatic heterocycles. The average Bonchev–Trinajstić information content (AvgIpc) is 3.21. The molecule has 5 nitrogen and oxygen atoms in total. The molecule has 0 radical (unpaired) electrons. The number of anilines is 1. The highest BCUT2D eigenvalue weighted by Gasteiger charge is 2.16. The summed E-state index contributed by atoms with van der Waals surface area (Å²) in [5.74, 6) is 0. The maximum atomic E-state index is 12.4. The minimum atomic E-state index is -3.58. The molecule has 1 aromatic carbocycles. The van der Waals surface area contributed by atoms with Crippen molar-refractivity contribution in [2.24, 2.45) is 0 Å². The fourth-order valence-electron chi connectivity index (χ4n) is 2.58. The Balaban J connectivity index is 1.60. The molecule has 8 heteroatoms. The Morgan fingerprint density at radius 2 is 1.88 bits per heavy atom. The standard InChI is InChI=1S/C18H14BrN3O2S2/c1-12-8-9-22-11-15(20-17(22)10-12)13-2-4-14(5-3-13)21-26(23,24)18-7-6-16(19)25-18/h2-11,21H,1H3. The van der Waals surface area contributed by atoms with Crippen molar-refractivity contribution in [3.05, 3.63) is 70.3 Å². The van der Waals surface area contributed by atoms with Gasteiger partial charge >= 0.3 is 0 Å². The quantitative estimate of drug-likeness (QED) is 0.481. The number of fused-ring (bicyclic) bond motifs is 1. The summed E-state index contributed by atoms with van der Waals surface area (Å²) in [5.41, 5.74) is 4.31. The van der Waals surface area contributed by atoms with E-state index in [1.807, 2.05) is 48.0 Å². The van der Waals surface area contributed by atoms with E-state index in [0.717, 1.165) is 26.3 Å². The maximum absolute atomic E-state index is 12.4. The van der Waals surface area contributed by atoms with E-state index < -0.39 is 10.0 Å². The van der Waals surface area contributed by atoms with Crippen LogP contribution in [0.25, 0.3) is 16.9 Å². The Morgan fingerprint density at radius 1 is 1.12 bits per heavy atom. The van der Waals surface area contributed by atoms with Crippen molar-refractivity contribution < 1.29 is 8.42 Å².